The largest absolute Gasteiger partial charge is 0.493 e. The molecule has 0 bridgehead atoms. The summed E-state index contributed by atoms with van der Waals surface area (Å²) in [7, 11) is 1.66. The molecule has 1 N–H and O–H groups in total. The third-order valence-corrected chi connectivity index (χ3v) is 5.44. The van der Waals surface area contributed by atoms with Crippen molar-refractivity contribution in [1.29, 1.82) is 0 Å². The maximum Gasteiger partial charge on any atom is 0.194 e. The van der Waals surface area contributed by atoms with Gasteiger partial charge < -0.3 is 24.4 Å². The standard InChI is InChI=1S/C22H36N4O3/c1-4-23-22(24-15-18(2)29-21-8-6-5-7-20(21)27-3)26-10-9-19(17-26)16-25-11-13-28-14-12-25/h5-8,18-19H,4,9-17H2,1-3H3,(H,23,24). The molecule has 29 heavy (non-hydrogen) atoms. The number of benzene rings is 1. The first-order valence-corrected chi connectivity index (χ1v) is 10.8. The van der Waals surface area contributed by atoms with Gasteiger partial charge in [-0.15, -0.1) is 0 Å². The van der Waals surface area contributed by atoms with Gasteiger partial charge >= 0.3 is 0 Å². The molecule has 3 rings (SSSR count). The molecule has 2 unspecified atom stereocenters. The molecule has 162 valence electrons. The molecule has 2 saturated heterocycles. The predicted octanol–water partition coefficient (Wildman–Crippen LogP) is 2.08. The van der Waals surface area contributed by atoms with Crippen LogP contribution < -0.4 is 14.8 Å². The normalized spacial score (nSPS) is 21.8. The number of hydrogen-bond donors (Lipinski definition) is 1. The van der Waals surface area contributed by atoms with E-state index >= 15 is 0 Å². The zero-order chi connectivity index (χ0) is 20.5. The van der Waals surface area contributed by atoms with Crippen LogP contribution in [0.1, 0.15) is 20.3 Å². The SMILES string of the molecule is CCNC(=NCC(C)Oc1ccccc1OC)N1CCC(CN2CCOCC2)C1. The Kier molecular flexibility index (Phi) is 8.43. The number of nitrogens with zero attached hydrogens (tertiary/aromatic N) is 3. The summed E-state index contributed by atoms with van der Waals surface area (Å²) in [5, 5.41) is 3.45. The lowest BCUT2D eigenvalue weighted by Gasteiger charge is -2.29. The first-order chi connectivity index (χ1) is 14.2. The Morgan fingerprint density at radius 2 is 2.00 bits per heavy atom. The average Bonchev–Trinajstić information content (AvgIpc) is 3.20. The molecule has 0 saturated carbocycles. The Balaban J connectivity index is 1.52. The number of ether oxygens (including phenoxy) is 3. The summed E-state index contributed by atoms with van der Waals surface area (Å²) in [6.07, 6.45) is 1.18. The molecule has 7 nitrogen and oxygen atoms in total. The van der Waals surface area contributed by atoms with Crippen LogP contribution in [0.3, 0.4) is 0 Å². The molecule has 0 spiro atoms. The van der Waals surface area contributed by atoms with Gasteiger partial charge in [-0.1, -0.05) is 12.1 Å². The number of morpholine rings is 1. The van der Waals surface area contributed by atoms with Gasteiger partial charge in [-0.05, 0) is 38.3 Å². The highest BCUT2D eigenvalue weighted by atomic mass is 16.5. The van der Waals surface area contributed by atoms with Crippen LogP contribution in [0.25, 0.3) is 0 Å². The Bertz CT molecular complexity index is 649. The minimum absolute atomic E-state index is 0.0355. The number of guanidine groups is 1. The second-order valence-corrected chi connectivity index (χ2v) is 7.79. The molecular formula is C22H36N4O3. The van der Waals surface area contributed by atoms with Crippen molar-refractivity contribution in [1.82, 2.24) is 15.1 Å². The maximum atomic E-state index is 6.05. The van der Waals surface area contributed by atoms with Crippen LogP contribution in [-0.2, 0) is 4.74 Å². The maximum absolute atomic E-state index is 6.05. The number of rotatable bonds is 8. The molecule has 0 aliphatic carbocycles. The van der Waals surface area contributed by atoms with E-state index in [-0.39, 0.29) is 6.10 Å². The third-order valence-electron chi connectivity index (χ3n) is 5.44. The van der Waals surface area contributed by atoms with Crippen molar-refractivity contribution in [2.75, 3.05) is 66.1 Å². The van der Waals surface area contributed by atoms with Crippen molar-refractivity contribution in [3.8, 4) is 11.5 Å². The highest BCUT2D eigenvalue weighted by Crippen LogP contribution is 2.26. The van der Waals surface area contributed by atoms with E-state index in [0.717, 1.165) is 69.9 Å². The van der Waals surface area contributed by atoms with Crippen LogP contribution in [0.4, 0.5) is 0 Å². The van der Waals surface area contributed by atoms with Crippen LogP contribution in [0, 0.1) is 5.92 Å². The predicted molar refractivity (Wildman–Crippen MR) is 116 cm³/mol. The highest BCUT2D eigenvalue weighted by Gasteiger charge is 2.27. The van der Waals surface area contributed by atoms with Gasteiger partial charge in [0, 0.05) is 39.3 Å². The molecule has 2 atom stereocenters. The quantitative estimate of drug-likeness (QED) is 0.529. The van der Waals surface area contributed by atoms with Crippen molar-refractivity contribution in [3.05, 3.63) is 24.3 Å². The van der Waals surface area contributed by atoms with E-state index in [9.17, 15) is 0 Å². The number of nitrogens with one attached hydrogen (secondary N) is 1. The molecule has 2 aliphatic heterocycles. The zero-order valence-corrected chi connectivity index (χ0v) is 18.1. The Morgan fingerprint density at radius 3 is 2.72 bits per heavy atom. The Labute approximate surface area is 175 Å². The zero-order valence-electron chi connectivity index (χ0n) is 18.1. The van der Waals surface area contributed by atoms with Gasteiger partial charge in [0.15, 0.2) is 17.5 Å². The molecule has 7 heteroatoms. The van der Waals surface area contributed by atoms with Gasteiger partial charge in [0.2, 0.25) is 0 Å². The van der Waals surface area contributed by atoms with Crippen LogP contribution in [0.5, 0.6) is 11.5 Å². The monoisotopic (exact) mass is 404 g/mol. The van der Waals surface area contributed by atoms with E-state index in [4.69, 9.17) is 19.2 Å². The van der Waals surface area contributed by atoms with Gasteiger partial charge in [0.05, 0.1) is 26.9 Å². The lowest BCUT2D eigenvalue weighted by molar-refractivity contribution is 0.0315. The van der Waals surface area contributed by atoms with Gasteiger partial charge in [-0.2, -0.15) is 0 Å². The molecule has 1 aromatic carbocycles. The van der Waals surface area contributed by atoms with Gasteiger partial charge in [-0.3, -0.25) is 4.90 Å². The lowest BCUT2D eigenvalue weighted by atomic mass is 10.1. The fourth-order valence-corrected chi connectivity index (χ4v) is 3.93. The number of methoxy groups -OCH3 is 1. The number of hydrogen-bond acceptors (Lipinski definition) is 5. The summed E-state index contributed by atoms with van der Waals surface area (Å²) < 4.78 is 16.9. The summed E-state index contributed by atoms with van der Waals surface area (Å²) in [4.78, 5) is 9.79. The molecular weight excluding hydrogens is 368 g/mol. The molecule has 0 amide bonds. The fourth-order valence-electron chi connectivity index (χ4n) is 3.93. The van der Waals surface area contributed by atoms with Gasteiger partial charge in [0.25, 0.3) is 0 Å². The van der Waals surface area contributed by atoms with Crippen LogP contribution in [-0.4, -0.2) is 88.0 Å². The van der Waals surface area contributed by atoms with E-state index in [0.29, 0.717) is 12.5 Å². The average molecular weight is 405 g/mol. The number of para-hydroxylation sites is 2. The van der Waals surface area contributed by atoms with E-state index in [2.05, 4.69) is 22.0 Å². The molecule has 2 heterocycles. The molecule has 1 aromatic rings. The summed E-state index contributed by atoms with van der Waals surface area (Å²) in [5.74, 6) is 3.20. The smallest absolute Gasteiger partial charge is 0.194 e. The third kappa shape index (κ3) is 6.51. The Morgan fingerprint density at radius 1 is 1.24 bits per heavy atom. The first kappa shape index (κ1) is 21.7. The van der Waals surface area contributed by atoms with Crippen molar-refractivity contribution in [2.45, 2.75) is 26.4 Å². The number of likely N-dealkylation sites (tertiary alicyclic amines) is 1. The van der Waals surface area contributed by atoms with Crippen LogP contribution in [0.2, 0.25) is 0 Å². The van der Waals surface area contributed by atoms with Crippen molar-refractivity contribution < 1.29 is 14.2 Å². The lowest BCUT2D eigenvalue weighted by Crippen LogP contribution is -2.42. The van der Waals surface area contributed by atoms with Crippen molar-refractivity contribution in [3.63, 3.8) is 0 Å². The molecule has 2 aliphatic rings. The van der Waals surface area contributed by atoms with E-state index < -0.39 is 0 Å². The van der Waals surface area contributed by atoms with Gasteiger partial charge in [0.1, 0.15) is 6.10 Å². The molecule has 0 radical (unpaired) electrons. The summed E-state index contributed by atoms with van der Waals surface area (Å²) in [6.45, 7) is 12.8. The molecule has 2 fully saturated rings. The van der Waals surface area contributed by atoms with Crippen molar-refractivity contribution in [2.24, 2.45) is 10.9 Å². The minimum Gasteiger partial charge on any atom is -0.493 e. The fraction of sp³-hybridized carbons (Fsp3) is 0.682. The Hall–Kier alpha value is -1.99. The second kappa shape index (κ2) is 11.3. The number of aliphatic imine (C=N–C) groups is 1. The highest BCUT2D eigenvalue weighted by molar-refractivity contribution is 5.80. The second-order valence-electron chi connectivity index (χ2n) is 7.79. The topological polar surface area (TPSA) is 58.6 Å². The molecule has 0 aromatic heterocycles. The van der Waals surface area contributed by atoms with E-state index in [1.54, 1.807) is 7.11 Å². The summed E-state index contributed by atoms with van der Waals surface area (Å²) in [5.41, 5.74) is 0. The van der Waals surface area contributed by atoms with Crippen LogP contribution in [0.15, 0.2) is 29.3 Å². The van der Waals surface area contributed by atoms with E-state index in [1.807, 2.05) is 31.2 Å². The van der Waals surface area contributed by atoms with Crippen LogP contribution >= 0.6 is 0 Å². The summed E-state index contributed by atoms with van der Waals surface area (Å²) in [6, 6.07) is 7.74. The van der Waals surface area contributed by atoms with Gasteiger partial charge in [-0.25, -0.2) is 4.99 Å². The van der Waals surface area contributed by atoms with E-state index in [1.165, 1.54) is 6.42 Å². The summed E-state index contributed by atoms with van der Waals surface area (Å²) >= 11 is 0. The van der Waals surface area contributed by atoms with Crippen molar-refractivity contribution >= 4 is 5.96 Å². The minimum atomic E-state index is -0.0355. The first-order valence-electron chi connectivity index (χ1n) is 10.8.